The quantitative estimate of drug-likeness (QED) is 0.366. The number of carbonyl (C=O) groups is 1. The third kappa shape index (κ3) is 8.04. The molecule has 1 unspecified atom stereocenters. The minimum absolute atomic E-state index is 0.0237. The second-order valence-corrected chi connectivity index (χ2v) is 6.84. The van der Waals surface area contributed by atoms with Crippen LogP contribution in [0.1, 0.15) is 39.2 Å². The Morgan fingerprint density at radius 2 is 1.88 bits per heavy atom. The van der Waals surface area contributed by atoms with Gasteiger partial charge in [0.05, 0.1) is 19.6 Å². The van der Waals surface area contributed by atoms with Gasteiger partial charge in [-0.25, -0.2) is 4.79 Å². The topological polar surface area (TPSA) is 46.5 Å². The predicted octanol–water partition coefficient (Wildman–Crippen LogP) is 3.91. The number of aliphatic hydroxyl groups excluding tert-OH is 1. The molecule has 4 nitrogen and oxygen atoms in total. The van der Waals surface area contributed by atoms with E-state index in [4.69, 9.17) is 16.3 Å². The first-order chi connectivity index (χ1) is 11.9. The number of hydrogen-bond donors (Lipinski definition) is 1. The highest BCUT2D eigenvalue weighted by molar-refractivity contribution is 6.30. The van der Waals surface area contributed by atoms with Crippen LogP contribution in [-0.4, -0.2) is 54.4 Å². The molecular formula is C20H31ClNO3+. The van der Waals surface area contributed by atoms with Gasteiger partial charge in [-0.3, -0.25) is 0 Å². The summed E-state index contributed by atoms with van der Waals surface area (Å²) < 4.78 is 6.03. The van der Waals surface area contributed by atoms with Crippen molar-refractivity contribution in [2.24, 2.45) is 0 Å². The van der Waals surface area contributed by atoms with Crippen LogP contribution >= 0.6 is 11.6 Å². The zero-order valence-corrected chi connectivity index (χ0v) is 16.3. The van der Waals surface area contributed by atoms with Gasteiger partial charge < -0.3 is 14.3 Å². The molecular weight excluding hydrogens is 338 g/mol. The van der Waals surface area contributed by atoms with Crippen molar-refractivity contribution in [1.82, 2.24) is 0 Å². The molecule has 0 amide bonds. The number of ether oxygens (including phenoxy) is 1. The number of halogens is 1. The first kappa shape index (κ1) is 21.7. The Bertz CT molecular complexity index is 538. The van der Waals surface area contributed by atoms with Crippen LogP contribution in [0.2, 0.25) is 5.02 Å². The van der Waals surface area contributed by atoms with Gasteiger partial charge in [0.2, 0.25) is 0 Å². The number of likely N-dealkylation sites (N-methyl/N-ethyl adjacent to an activating group) is 1. The average molecular weight is 369 g/mol. The van der Waals surface area contributed by atoms with Crippen LogP contribution in [0.25, 0.3) is 6.08 Å². The lowest BCUT2D eigenvalue weighted by atomic mass is 10.2. The maximum absolute atomic E-state index is 11.8. The Labute approximate surface area is 156 Å². The normalized spacial score (nSPS) is 13.2. The summed E-state index contributed by atoms with van der Waals surface area (Å²) in [6.07, 6.45) is 4.67. The van der Waals surface area contributed by atoms with Crippen molar-refractivity contribution < 1.29 is 19.1 Å². The molecule has 0 aliphatic carbocycles. The summed E-state index contributed by atoms with van der Waals surface area (Å²) in [4.78, 5) is 11.8. The van der Waals surface area contributed by atoms with Crippen LogP contribution in [0.4, 0.5) is 0 Å². The zero-order valence-electron chi connectivity index (χ0n) is 15.6. The van der Waals surface area contributed by atoms with Crippen molar-refractivity contribution in [3.63, 3.8) is 0 Å². The third-order valence-electron chi connectivity index (χ3n) is 4.63. The number of benzene rings is 1. The van der Waals surface area contributed by atoms with Crippen LogP contribution in [0.3, 0.4) is 0 Å². The summed E-state index contributed by atoms with van der Waals surface area (Å²) in [5.41, 5.74) is 0.870. The van der Waals surface area contributed by atoms with Crippen molar-refractivity contribution in [3.05, 3.63) is 40.9 Å². The van der Waals surface area contributed by atoms with Crippen molar-refractivity contribution >= 4 is 23.6 Å². The maximum Gasteiger partial charge on any atom is 0.330 e. The fourth-order valence-electron chi connectivity index (χ4n) is 2.85. The minimum Gasteiger partial charge on any atom is -0.460 e. The fourth-order valence-corrected chi connectivity index (χ4v) is 2.97. The maximum atomic E-state index is 11.8. The van der Waals surface area contributed by atoms with Crippen LogP contribution in [0.15, 0.2) is 30.3 Å². The van der Waals surface area contributed by atoms with E-state index in [1.807, 2.05) is 12.1 Å². The molecule has 1 atom stereocenters. The van der Waals surface area contributed by atoms with Crippen LogP contribution in [0, 0.1) is 0 Å². The molecule has 0 heterocycles. The molecule has 1 rings (SSSR count). The average Bonchev–Trinajstić information content (AvgIpc) is 2.63. The molecule has 0 bridgehead atoms. The molecule has 0 aliphatic rings. The number of hydrogen-bond acceptors (Lipinski definition) is 3. The van der Waals surface area contributed by atoms with E-state index in [1.165, 1.54) is 6.08 Å². The number of carbonyl (C=O) groups excluding carboxylic acids is 1. The highest BCUT2D eigenvalue weighted by Crippen LogP contribution is 2.12. The van der Waals surface area contributed by atoms with Crippen LogP contribution < -0.4 is 0 Å². The van der Waals surface area contributed by atoms with E-state index in [9.17, 15) is 9.90 Å². The predicted molar refractivity (Wildman–Crippen MR) is 103 cm³/mol. The first-order valence-corrected chi connectivity index (χ1v) is 9.46. The van der Waals surface area contributed by atoms with E-state index in [2.05, 4.69) is 20.8 Å². The van der Waals surface area contributed by atoms with E-state index in [-0.39, 0.29) is 6.61 Å². The molecule has 0 spiro atoms. The highest BCUT2D eigenvalue weighted by atomic mass is 35.5. The van der Waals surface area contributed by atoms with E-state index in [0.29, 0.717) is 11.6 Å². The molecule has 0 fully saturated rings. The van der Waals surface area contributed by atoms with Gasteiger partial charge in [0.1, 0.15) is 19.3 Å². The van der Waals surface area contributed by atoms with Gasteiger partial charge in [0.25, 0.3) is 0 Å². The zero-order chi connectivity index (χ0) is 18.7. The minimum atomic E-state index is -0.648. The van der Waals surface area contributed by atoms with Gasteiger partial charge in [-0.2, -0.15) is 0 Å². The van der Waals surface area contributed by atoms with Gasteiger partial charge >= 0.3 is 5.97 Å². The lowest BCUT2D eigenvalue weighted by Gasteiger charge is -2.38. The largest absolute Gasteiger partial charge is 0.460 e. The standard InChI is InChI=1S/C20H31ClNO3/c1-4-7-14-22(5-2,6-3)15-19(23)16-25-20(24)13-10-17-8-11-18(21)12-9-17/h8-13,19,23H,4-7,14-16H2,1-3H3/q+1/b13-10+. The molecule has 0 saturated carbocycles. The van der Waals surface area contributed by atoms with Gasteiger partial charge in [-0.15, -0.1) is 0 Å². The second-order valence-electron chi connectivity index (χ2n) is 6.40. The lowest BCUT2D eigenvalue weighted by Crippen LogP contribution is -2.53. The monoisotopic (exact) mass is 368 g/mol. The number of unbranched alkanes of at least 4 members (excludes halogenated alkanes) is 1. The van der Waals surface area contributed by atoms with E-state index < -0.39 is 12.1 Å². The number of nitrogens with zero attached hydrogens (tertiary/aromatic N) is 1. The molecule has 1 aromatic carbocycles. The molecule has 140 valence electrons. The number of aliphatic hydroxyl groups is 1. The van der Waals surface area contributed by atoms with Gasteiger partial charge in [-0.1, -0.05) is 37.1 Å². The van der Waals surface area contributed by atoms with E-state index in [1.54, 1.807) is 18.2 Å². The molecule has 25 heavy (non-hydrogen) atoms. The Morgan fingerprint density at radius 1 is 1.24 bits per heavy atom. The van der Waals surface area contributed by atoms with Crippen molar-refractivity contribution in [1.29, 1.82) is 0 Å². The fraction of sp³-hybridized carbons (Fsp3) is 0.550. The summed E-state index contributed by atoms with van der Waals surface area (Å²) >= 11 is 5.82. The van der Waals surface area contributed by atoms with E-state index in [0.717, 1.165) is 42.5 Å². The Kier molecular flexibility index (Phi) is 9.79. The molecule has 0 saturated heterocycles. The third-order valence-corrected chi connectivity index (χ3v) is 4.88. The first-order valence-electron chi connectivity index (χ1n) is 9.08. The summed E-state index contributed by atoms with van der Waals surface area (Å²) in [5, 5.41) is 10.9. The van der Waals surface area contributed by atoms with Crippen LogP contribution in [0.5, 0.6) is 0 Å². The summed E-state index contributed by atoms with van der Waals surface area (Å²) in [6, 6.07) is 7.17. The van der Waals surface area contributed by atoms with Crippen LogP contribution in [-0.2, 0) is 9.53 Å². The number of esters is 1. The number of quaternary nitrogens is 1. The molecule has 1 N–H and O–H groups in total. The number of rotatable bonds is 11. The highest BCUT2D eigenvalue weighted by Gasteiger charge is 2.26. The Morgan fingerprint density at radius 3 is 2.44 bits per heavy atom. The molecule has 5 heteroatoms. The smallest absolute Gasteiger partial charge is 0.330 e. The van der Waals surface area contributed by atoms with Crippen molar-refractivity contribution in [2.75, 3.05) is 32.8 Å². The van der Waals surface area contributed by atoms with Crippen molar-refractivity contribution in [2.45, 2.75) is 39.7 Å². The molecule has 0 aliphatic heterocycles. The van der Waals surface area contributed by atoms with E-state index >= 15 is 0 Å². The van der Waals surface area contributed by atoms with Gasteiger partial charge in [-0.05, 0) is 44.0 Å². The SMILES string of the molecule is CCCC[N+](CC)(CC)CC(O)COC(=O)/C=C/c1ccc(Cl)cc1. The Hall–Kier alpha value is -1.36. The summed E-state index contributed by atoms with van der Waals surface area (Å²) in [6.45, 7) is 10.1. The molecule has 1 aromatic rings. The van der Waals surface area contributed by atoms with Gasteiger partial charge in [0.15, 0.2) is 0 Å². The van der Waals surface area contributed by atoms with Crippen molar-refractivity contribution in [3.8, 4) is 0 Å². The lowest BCUT2D eigenvalue weighted by molar-refractivity contribution is -0.927. The molecule has 0 aromatic heterocycles. The Balaban J connectivity index is 2.47. The second kappa shape index (κ2) is 11.3. The molecule has 0 radical (unpaired) electrons. The summed E-state index contributed by atoms with van der Waals surface area (Å²) in [7, 11) is 0. The van der Waals surface area contributed by atoms with Gasteiger partial charge in [0, 0.05) is 11.1 Å². The summed E-state index contributed by atoms with van der Waals surface area (Å²) in [5.74, 6) is -0.450.